The number of carbonyl (C=O) groups excluding carboxylic acids is 3. The van der Waals surface area contributed by atoms with Crippen LogP contribution in [0.1, 0.15) is 57.8 Å². The molecule has 1 aromatic rings. The van der Waals surface area contributed by atoms with Crippen LogP contribution in [0.4, 0.5) is 0 Å². The van der Waals surface area contributed by atoms with Gasteiger partial charge in [-0.05, 0) is 44.6 Å². The fraction of sp³-hybridized carbons (Fsp3) is 0.640. The molecule has 2 saturated heterocycles. The zero-order valence-electron chi connectivity index (χ0n) is 19.5. The maximum atomic E-state index is 13.9. The van der Waals surface area contributed by atoms with Crippen LogP contribution >= 0.6 is 11.3 Å². The predicted octanol–water partition coefficient (Wildman–Crippen LogP) is 2.76. The number of hydrogen-bond donors (Lipinski definition) is 2. The SMILES string of the molecule is CCC(C)(C)NC(=O)[C@@H]1N(C2CCCC2)C(=O)[C@H]2[C@@H](C(=O)NCc3cccs3)[C@H]3C=C[C@]12O3. The van der Waals surface area contributed by atoms with Crippen molar-refractivity contribution in [3.05, 3.63) is 34.5 Å². The van der Waals surface area contributed by atoms with Gasteiger partial charge < -0.3 is 20.3 Å². The van der Waals surface area contributed by atoms with E-state index in [1.54, 1.807) is 16.2 Å². The van der Waals surface area contributed by atoms with Gasteiger partial charge in [0.2, 0.25) is 17.7 Å². The van der Waals surface area contributed by atoms with Crippen molar-refractivity contribution in [3.63, 3.8) is 0 Å². The highest BCUT2D eigenvalue weighted by molar-refractivity contribution is 7.09. The maximum absolute atomic E-state index is 13.9. The van der Waals surface area contributed by atoms with E-state index in [-0.39, 0.29) is 23.8 Å². The van der Waals surface area contributed by atoms with E-state index in [0.717, 1.165) is 37.0 Å². The van der Waals surface area contributed by atoms with Crippen molar-refractivity contribution in [2.45, 2.75) is 88.7 Å². The highest BCUT2D eigenvalue weighted by atomic mass is 32.1. The lowest BCUT2D eigenvalue weighted by molar-refractivity contribution is -0.144. The largest absolute Gasteiger partial charge is 0.359 e. The molecule has 33 heavy (non-hydrogen) atoms. The summed E-state index contributed by atoms with van der Waals surface area (Å²) in [5.74, 6) is -1.77. The van der Waals surface area contributed by atoms with E-state index >= 15 is 0 Å². The smallest absolute Gasteiger partial charge is 0.246 e. The van der Waals surface area contributed by atoms with Gasteiger partial charge in [0.15, 0.2) is 0 Å². The summed E-state index contributed by atoms with van der Waals surface area (Å²) in [6.07, 6.45) is 7.92. The Kier molecular flexibility index (Phi) is 5.64. The Hall–Kier alpha value is -2.19. The molecule has 178 valence electrons. The fourth-order valence-corrected chi connectivity index (χ4v) is 6.62. The van der Waals surface area contributed by atoms with Crippen molar-refractivity contribution < 1.29 is 19.1 Å². The first-order chi connectivity index (χ1) is 15.8. The van der Waals surface area contributed by atoms with Crippen molar-refractivity contribution in [1.29, 1.82) is 0 Å². The van der Waals surface area contributed by atoms with Gasteiger partial charge >= 0.3 is 0 Å². The molecule has 3 fully saturated rings. The normalized spacial score (nSPS) is 33.1. The Labute approximate surface area is 198 Å². The first kappa shape index (κ1) is 22.6. The van der Waals surface area contributed by atoms with Gasteiger partial charge in [-0.3, -0.25) is 14.4 Å². The van der Waals surface area contributed by atoms with Crippen molar-refractivity contribution >= 4 is 29.1 Å². The quantitative estimate of drug-likeness (QED) is 0.599. The molecule has 0 aromatic carbocycles. The second-order valence-electron chi connectivity index (χ2n) is 10.4. The zero-order valence-corrected chi connectivity index (χ0v) is 20.3. The minimum Gasteiger partial charge on any atom is -0.359 e. The highest BCUT2D eigenvalue weighted by Gasteiger charge is 2.73. The third-order valence-electron chi connectivity index (χ3n) is 7.94. The van der Waals surface area contributed by atoms with E-state index in [4.69, 9.17) is 4.74 Å². The van der Waals surface area contributed by atoms with Crippen molar-refractivity contribution in [3.8, 4) is 0 Å². The molecule has 8 heteroatoms. The molecule has 0 radical (unpaired) electrons. The molecule has 5 rings (SSSR count). The predicted molar refractivity (Wildman–Crippen MR) is 125 cm³/mol. The van der Waals surface area contributed by atoms with Gasteiger partial charge in [0.1, 0.15) is 11.6 Å². The molecule has 0 unspecified atom stereocenters. The average molecular weight is 472 g/mol. The number of amides is 3. The van der Waals surface area contributed by atoms with Crippen LogP contribution in [-0.4, -0.2) is 51.9 Å². The first-order valence-electron chi connectivity index (χ1n) is 12.1. The minimum atomic E-state index is -1.08. The number of nitrogens with one attached hydrogen (secondary N) is 2. The lowest BCUT2D eigenvalue weighted by Crippen LogP contribution is -2.59. The molecule has 1 aromatic heterocycles. The molecule has 3 amide bonds. The third kappa shape index (κ3) is 3.62. The number of ether oxygens (including phenoxy) is 1. The molecule has 3 aliphatic heterocycles. The monoisotopic (exact) mass is 471 g/mol. The van der Waals surface area contributed by atoms with Crippen LogP contribution in [-0.2, 0) is 25.7 Å². The van der Waals surface area contributed by atoms with Crippen LogP contribution < -0.4 is 10.6 Å². The molecule has 1 saturated carbocycles. The summed E-state index contributed by atoms with van der Waals surface area (Å²) in [4.78, 5) is 43.8. The number of hydrogen-bond acceptors (Lipinski definition) is 5. The van der Waals surface area contributed by atoms with Crippen LogP contribution in [0.2, 0.25) is 0 Å². The van der Waals surface area contributed by atoms with Crippen LogP contribution in [0.15, 0.2) is 29.7 Å². The molecular formula is C25H33N3O4S. The van der Waals surface area contributed by atoms with Crippen LogP contribution in [0.25, 0.3) is 0 Å². The lowest BCUT2D eigenvalue weighted by Gasteiger charge is -2.37. The number of fused-ring (bicyclic) bond motifs is 1. The Morgan fingerprint density at radius 3 is 2.70 bits per heavy atom. The van der Waals surface area contributed by atoms with Gasteiger partial charge in [-0.2, -0.15) is 0 Å². The van der Waals surface area contributed by atoms with E-state index in [9.17, 15) is 14.4 Å². The Morgan fingerprint density at radius 2 is 2.03 bits per heavy atom. The van der Waals surface area contributed by atoms with Crippen molar-refractivity contribution in [1.82, 2.24) is 15.5 Å². The number of rotatable bonds is 7. The summed E-state index contributed by atoms with van der Waals surface area (Å²) in [5.41, 5.74) is -1.48. The molecule has 2 bridgehead atoms. The van der Waals surface area contributed by atoms with E-state index < -0.39 is 35.1 Å². The molecule has 7 nitrogen and oxygen atoms in total. The Bertz CT molecular complexity index is 968. The molecule has 5 atom stereocenters. The van der Waals surface area contributed by atoms with Gasteiger partial charge in [-0.1, -0.05) is 38.0 Å². The topological polar surface area (TPSA) is 87.7 Å². The number of likely N-dealkylation sites (tertiary alicyclic amines) is 1. The molecule has 4 heterocycles. The molecule has 2 N–H and O–H groups in total. The third-order valence-corrected chi connectivity index (χ3v) is 8.82. The molecular weight excluding hydrogens is 438 g/mol. The summed E-state index contributed by atoms with van der Waals surface area (Å²) >= 11 is 1.58. The summed E-state index contributed by atoms with van der Waals surface area (Å²) in [7, 11) is 0. The van der Waals surface area contributed by atoms with Gasteiger partial charge in [-0.15, -0.1) is 11.3 Å². The summed E-state index contributed by atoms with van der Waals surface area (Å²) in [6, 6.07) is 3.19. The molecule has 4 aliphatic rings. The van der Waals surface area contributed by atoms with E-state index in [2.05, 4.69) is 10.6 Å². The highest BCUT2D eigenvalue weighted by Crippen LogP contribution is 2.56. The number of carbonyl (C=O) groups is 3. The summed E-state index contributed by atoms with van der Waals surface area (Å²) < 4.78 is 6.40. The summed E-state index contributed by atoms with van der Waals surface area (Å²) in [6.45, 7) is 6.43. The van der Waals surface area contributed by atoms with E-state index in [0.29, 0.717) is 6.54 Å². The second-order valence-corrected chi connectivity index (χ2v) is 11.4. The van der Waals surface area contributed by atoms with Crippen LogP contribution in [0.5, 0.6) is 0 Å². The average Bonchev–Trinajstić information content (AvgIpc) is 3.59. The summed E-state index contributed by atoms with van der Waals surface area (Å²) in [5, 5.41) is 8.13. The van der Waals surface area contributed by atoms with Crippen LogP contribution in [0.3, 0.4) is 0 Å². The minimum absolute atomic E-state index is 0.0174. The van der Waals surface area contributed by atoms with Gasteiger partial charge in [-0.25, -0.2) is 0 Å². The zero-order chi connectivity index (χ0) is 23.4. The number of thiophene rings is 1. The van der Waals surface area contributed by atoms with E-state index in [1.807, 2.05) is 50.4 Å². The van der Waals surface area contributed by atoms with Crippen molar-refractivity contribution in [2.75, 3.05) is 0 Å². The first-order valence-corrected chi connectivity index (χ1v) is 13.0. The van der Waals surface area contributed by atoms with E-state index in [1.165, 1.54) is 0 Å². The molecule has 1 spiro atoms. The van der Waals surface area contributed by atoms with Gasteiger partial charge in [0.25, 0.3) is 0 Å². The number of nitrogens with zero attached hydrogens (tertiary/aromatic N) is 1. The second kappa shape index (κ2) is 8.24. The Balaban J connectivity index is 1.46. The lowest BCUT2D eigenvalue weighted by atomic mass is 9.74. The Morgan fingerprint density at radius 1 is 1.27 bits per heavy atom. The van der Waals surface area contributed by atoms with Crippen LogP contribution in [0, 0.1) is 11.8 Å². The van der Waals surface area contributed by atoms with Gasteiger partial charge in [0.05, 0.1) is 24.5 Å². The fourth-order valence-electron chi connectivity index (χ4n) is 5.98. The standard InChI is InChI=1S/C25H33N3O4S/c1-4-24(2,3)27-22(30)20-25-12-11-17(32-25)18(21(29)26-14-16-10-7-13-33-16)19(25)23(31)28(20)15-8-5-6-9-15/h7,10-13,15,17-20H,4-6,8-9,14H2,1-3H3,(H,26,29)(H,27,30)/t17-,18+,19-,20+,25-/m1/s1. The molecule has 1 aliphatic carbocycles. The maximum Gasteiger partial charge on any atom is 0.246 e. The van der Waals surface area contributed by atoms with Crippen molar-refractivity contribution in [2.24, 2.45) is 11.8 Å². The van der Waals surface area contributed by atoms with Gasteiger partial charge in [0, 0.05) is 16.5 Å².